The minimum Gasteiger partial charge on any atom is -0.482 e. The maximum absolute atomic E-state index is 14.1. The van der Waals surface area contributed by atoms with Gasteiger partial charge in [0, 0.05) is 12.0 Å². The molecule has 0 aliphatic heterocycles. The Kier molecular flexibility index (Phi) is 10.9. The van der Waals surface area contributed by atoms with E-state index in [9.17, 15) is 53.5 Å². The zero-order valence-electron chi connectivity index (χ0n) is 25.3. The molecule has 0 saturated carbocycles. The molecule has 0 atom stereocenters. The number of hydrogen-bond donors (Lipinski definition) is 1. The molecule has 7 nitrogen and oxygen atoms in total. The molecule has 0 aromatic heterocycles. The van der Waals surface area contributed by atoms with Crippen LogP contribution in [0.1, 0.15) is 32.6 Å². The molecule has 17 heteroatoms. The Morgan fingerprint density at radius 3 is 1.70 bits per heavy atom. The fourth-order valence-electron chi connectivity index (χ4n) is 4.84. The Morgan fingerprint density at radius 2 is 1.22 bits per heavy atom. The Bertz CT molecular complexity index is 1760. The smallest absolute Gasteiger partial charge is 0.482 e. The Balaban J connectivity index is 1.94. The van der Waals surface area contributed by atoms with Crippen molar-refractivity contribution in [2.45, 2.75) is 30.9 Å². The third-order valence-corrected chi connectivity index (χ3v) is 6.96. The minimum absolute atomic E-state index is 0.140. The van der Waals surface area contributed by atoms with E-state index in [4.69, 9.17) is 4.74 Å². The molecular weight excluding hydrogens is 696 g/mol. The van der Waals surface area contributed by atoms with E-state index in [2.05, 4.69) is 19.5 Å². The number of hydrogen-bond acceptors (Lipinski definition) is 6. The Hall–Kier alpha value is -5.48. The summed E-state index contributed by atoms with van der Waals surface area (Å²) in [6.45, 7) is -0.481. The van der Waals surface area contributed by atoms with Gasteiger partial charge in [-0.2, -0.15) is 13.2 Å². The van der Waals surface area contributed by atoms with E-state index < -0.39 is 77.8 Å². The van der Waals surface area contributed by atoms with E-state index >= 15 is 0 Å². The molecule has 4 aromatic carbocycles. The number of carbonyl (C=O) groups is 2. The fraction of sp³-hybridized carbons (Fsp3) is 0.212. The number of benzene rings is 4. The van der Waals surface area contributed by atoms with Crippen molar-refractivity contribution in [2.75, 3.05) is 13.7 Å². The van der Waals surface area contributed by atoms with Crippen LogP contribution in [-0.4, -0.2) is 38.3 Å². The SMILES string of the molecule is COC(=O)COc1ccc(CC(NC(=O)c2ccc(F)c(C(F)(F)F)c2)(c2cccc(OC(F)(F)F)c2)c2cccc(OC(F)(F)F)c2)cc1. The van der Waals surface area contributed by atoms with Crippen LogP contribution in [0, 0.1) is 5.82 Å². The van der Waals surface area contributed by atoms with Crippen molar-refractivity contribution >= 4 is 11.9 Å². The van der Waals surface area contributed by atoms with Crippen LogP contribution in [0.25, 0.3) is 0 Å². The van der Waals surface area contributed by atoms with E-state index in [0.717, 1.165) is 43.5 Å². The van der Waals surface area contributed by atoms with Gasteiger partial charge < -0.3 is 24.3 Å². The van der Waals surface area contributed by atoms with Gasteiger partial charge in [0.25, 0.3) is 5.91 Å². The van der Waals surface area contributed by atoms with Gasteiger partial charge in [0.15, 0.2) is 6.61 Å². The second kappa shape index (κ2) is 14.6. The van der Waals surface area contributed by atoms with Crippen molar-refractivity contribution in [3.63, 3.8) is 0 Å². The first-order chi connectivity index (χ1) is 23.3. The molecule has 0 spiro atoms. The monoisotopic (exact) mass is 719 g/mol. The number of halogens is 10. The highest BCUT2D eigenvalue weighted by molar-refractivity contribution is 5.95. The first-order valence-corrected chi connectivity index (χ1v) is 14.0. The summed E-state index contributed by atoms with van der Waals surface area (Å²) >= 11 is 0. The van der Waals surface area contributed by atoms with Crippen LogP contribution in [0.15, 0.2) is 91.0 Å². The van der Waals surface area contributed by atoms with Crippen molar-refractivity contribution in [3.05, 3.63) is 125 Å². The summed E-state index contributed by atoms with van der Waals surface area (Å²) in [5.74, 6) is -5.23. The molecule has 0 bridgehead atoms. The summed E-state index contributed by atoms with van der Waals surface area (Å²) in [5, 5.41) is 2.47. The number of alkyl halides is 9. The van der Waals surface area contributed by atoms with Gasteiger partial charge in [0.05, 0.1) is 18.2 Å². The predicted molar refractivity (Wildman–Crippen MR) is 154 cm³/mol. The molecule has 4 aromatic rings. The lowest BCUT2D eigenvalue weighted by Gasteiger charge is -2.37. The van der Waals surface area contributed by atoms with Gasteiger partial charge >= 0.3 is 24.9 Å². The summed E-state index contributed by atoms with van der Waals surface area (Å²) in [7, 11) is 1.13. The molecular formula is C33H23F10NO6. The summed E-state index contributed by atoms with van der Waals surface area (Å²) in [6.07, 6.45) is -16.1. The molecule has 0 radical (unpaired) electrons. The van der Waals surface area contributed by atoms with E-state index in [0.29, 0.717) is 12.1 Å². The summed E-state index contributed by atoms with van der Waals surface area (Å²) < 4.78 is 152. The van der Waals surface area contributed by atoms with Crippen molar-refractivity contribution in [2.24, 2.45) is 0 Å². The van der Waals surface area contributed by atoms with E-state index in [1.165, 1.54) is 36.4 Å². The third-order valence-electron chi connectivity index (χ3n) is 6.96. The summed E-state index contributed by atoms with van der Waals surface area (Å²) in [4.78, 5) is 25.2. The van der Waals surface area contributed by atoms with Gasteiger partial charge in [-0.3, -0.25) is 4.79 Å². The molecule has 0 unspecified atom stereocenters. The van der Waals surface area contributed by atoms with Crippen LogP contribution >= 0.6 is 0 Å². The summed E-state index contributed by atoms with van der Waals surface area (Å²) in [5.41, 5.74) is -4.97. The molecule has 1 amide bonds. The van der Waals surface area contributed by atoms with Crippen LogP contribution in [0.5, 0.6) is 17.2 Å². The average molecular weight is 720 g/mol. The normalized spacial score (nSPS) is 12.2. The Morgan fingerprint density at radius 1 is 0.680 bits per heavy atom. The van der Waals surface area contributed by atoms with Crippen molar-refractivity contribution in [3.8, 4) is 17.2 Å². The van der Waals surface area contributed by atoms with Gasteiger partial charge in [-0.25, -0.2) is 9.18 Å². The van der Waals surface area contributed by atoms with Crippen LogP contribution in [0.4, 0.5) is 43.9 Å². The van der Waals surface area contributed by atoms with Gasteiger partial charge in [-0.05, 0) is 71.3 Å². The van der Waals surface area contributed by atoms with Gasteiger partial charge in [0.1, 0.15) is 23.1 Å². The molecule has 266 valence electrons. The lowest BCUT2D eigenvalue weighted by atomic mass is 9.77. The third kappa shape index (κ3) is 9.79. The second-order valence-electron chi connectivity index (χ2n) is 10.4. The highest BCUT2D eigenvalue weighted by Crippen LogP contribution is 2.39. The summed E-state index contributed by atoms with van der Waals surface area (Å²) in [6, 6.07) is 14.8. The lowest BCUT2D eigenvalue weighted by Crippen LogP contribution is -2.48. The van der Waals surface area contributed by atoms with Crippen LogP contribution in [-0.2, 0) is 27.7 Å². The van der Waals surface area contributed by atoms with Crippen LogP contribution < -0.4 is 19.5 Å². The molecule has 4 rings (SSSR count). The maximum Gasteiger partial charge on any atom is 0.573 e. The molecule has 0 heterocycles. The first kappa shape index (κ1) is 37.3. The van der Waals surface area contributed by atoms with Gasteiger partial charge in [-0.1, -0.05) is 36.4 Å². The van der Waals surface area contributed by atoms with Crippen LogP contribution in [0.3, 0.4) is 0 Å². The molecule has 0 aliphatic rings. The molecule has 0 fully saturated rings. The second-order valence-corrected chi connectivity index (χ2v) is 10.4. The number of ether oxygens (including phenoxy) is 4. The van der Waals surface area contributed by atoms with Gasteiger partial charge in [-0.15, -0.1) is 26.3 Å². The molecule has 0 aliphatic carbocycles. The average Bonchev–Trinajstić information content (AvgIpc) is 3.02. The number of amides is 1. The standard InChI is InChI=1S/C33H23F10NO6/c1-47-28(45)18-48-23-11-8-19(9-12-23)17-30(21-4-2-6-24(15-21)49-32(38,39)40,22-5-3-7-25(16-22)50-33(41,42)43)44-29(46)20-10-13-27(34)26(14-20)31(35,36)37/h2-16H,17-18H2,1H3,(H,44,46). The number of esters is 1. The fourth-order valence-corrected chi connectivity index (χ4v) is 4.84. The number of carbonyl (C=O) groups excluding carboxylic acids is 2. The van der Waals surface area contributed by atoms with E-state index in [-0.39, 0.29) is 28.5 Å². The van der Waals surface area contributed by atoms with Crippen molar-refractivity contribution in [1.29, 1.82) is 0 Å². The highest BCUT2D eigenvalue weighted by Gasteiger charge is 2.40. The topological polar surface area (TPSA) is 83.1 Å². The van der Waals surface area contributed by atoms with Gasteiger partial charge in [0.2, 0.25) is 0 Å². The maximum atomic E-state index is 14.1. The highest BCUT2D eigenvalue weighted by atomic mass is 19.4. The lowest BCUT2D eigenvalue weighted by molar-refractivity contribution is -0.275. The minimum atomic E-state index is -5.23. The first-order valence-electron chi connectivity index (χ1n) is 14.0. The molecule has 1 N–H and O–H groups in total. The molecule has 50 heavy (non-hydrogen) atoms. The zero-order chi connectivity index (χ0) is 36.9. The number of methoxy groups -OCH3 is 1. The largest absolute Gasteiger partial charge is 0.573 e. The van der Waals surface area contributed by atoms with Crippen molar-refractivity contribution < 1.29 is 72.4 Å². The van der Waals surface area contributed by atoms with E-state index in [1.807, 2.05) is 0 Å². The number of rotatable bonds is 11. The Labute approximate surface area is 276 Å². The van der Waals surface area contributed by atoms with E-state index in [1.54, 1.807) is 0 Å². The predicted octanol–water partition coefficient (Wildman–Crippen LogP) is 8.11. The quantitative estimate of drug-likeness (QED) is 0.125. The van der Waals surface area contributed by atoms with Crippen molar-refractivity contribution in [1.82, 2.24) is 5.32 Å². The van der Waals surface area contributed by atoms with Crippen LogP contribution in [0.2, 0.25) is 0 Å². The molecule has 0 saturated heterocycles. The number of nitrogens with one attached hydrogen (secondary N) is 1. The zero-order valence-corrected chi connectivity index (χ0v) is 25.3.